The van der Waals surface area contributed by atoms with Crippen molar-refractivity contribution in [3.8, 4) is 11.3 Å². The number of hydrogen-bond acceptors (Lipinski definition) is 5. The first kappa shape index (κ1) is 13.3. The fourth-order valence-electron chi connectivity index (χ4n) is 1.87. The third-order valence-corrected chi connectivity index (χ3v) is 3.77. The van der Waals surface area contributed by atoms with E-state index in [1.807, 2.05) is 29.6 Å². The molecular weight excluding hydrogens is 288 g/mol. The minimum absolute atomic E-state index is 0.172. The lowest BCUT2D eigenvalue weighted by molar-refractivity contribution is 0.0697. The SMILES string of the molecule is Nc1ccc(-c2csc(Cn3cc(C(=O)O)cn3)n2)cc1. The summed E-state index contributed by atoms with van der Waals surface area (Å²) < 4.78 is 1.56. The zero-order valence-corrected chi connectivity index (χ0v) is 11.7. The average molecular weight is 300 g/mol. The van der Waals surface area contributed by atoms with Crippen molar-refractivity contribution in [1.29, 1.82) is 0 Å². The fraction of sp³-hybridized carbons (Fsp3) is 0.0714. The highest BCUT2D eigenvalue weighted by Crippen LogP contribution is 2.23. The Morgan fingerprint density at radius 3 is 2.76 bits per heavy atom. The summed E-state index contributed by atoms with van der Waals surface area (Å²) in [7, 11) is 0. The van der Waals surface area contributed by atoms with E-state index in [9.17, 15) is 4.79 Å². The Hall–Kier alpha value is -2.67. The lowest BCUT2D eigenvalue weighted by Crippen LogP contribution is -2.00. The number of aromatic nitrogens is 3. The van der Waals surface area contributed by atoms with Gasteiger partial charge in [0.15, 0.2) is 0 Å². The van der Waals surface area contributed by atoms with Gasteiger partial charge in [0.1, 0.15) is 5.01 Å². The molecule has 0 saturated heterocycles. The molecule has 21 heavy (non-hydrogen) atoms. The van der Waals surface area contributed by atoms with Crippen molar-refractivity contribution < 1.29 is 9.90 Å². The van der Waals surface area contributed by atoms with E-state index in [1.165, 1.54) is 23.7 Å². The molecule has 3 N–H and O–H groups in total. The molecule has 3 aromatic rings. The van der Waals surface area contributed by atoms with Crippen LogP contribution < -0.4 is 5.73 Å². The molecule has 3 rings (SSSR count). The lowest BCUT2D eigenvalue weighted by atomic mass is 10.1. The number of benzene rings is 1. The normalized spacial score (nSPS) is 10.7. The van der Waals surface area contributed by atoms with Crippen LogP contribution in [0.5, 0.6) is 0 Å². The van der Waals surface area contributed by atoms with Crippen LogP contribution in [0.3, 0.4) is 0 Å². The van der Waals surface area contributed by atoms with E-state index in [2.05, 4.69) is 10.1 Å². The van der Waals surface area contributed by atoms with E-state index in [0.717, 1.165) is 16.3 Å². The monoisotopic (exact) mass is 300 g/mol. The Labute approximate surface area is 124 Å². The Morgan fingerprint density at radius 1 is 1.33 bits per heavy atom. The predicted octanol–water partition coefficient (Wildman–Crippen LogP) is 2.34. The maximum atomic E-state index is 10.8. The standard InChI is InChI=1S/C14H12N4O2S/c15-11-3-1-9(2-4-11)12-8-21-13(17-12)7-18-6-10(5-16-18)14(19)20/h1-6,8H,7,15H2,(H,19,20). The molecule has 0 unspecified atom stereocenters. The molecule has 0 radical (unpaired) electrons. The molecule has 6 nitrogen and oxygen atoms in total. The molecular formula is C14H12N4O2S. The molecule has 0 atom stereocenters. The van der Waals surface area contributed by atoms with Gasteiger partial charge in [0.25, 0.3) is 0 Å². The van der Waals surface area contributed by atoms with Crippen molar-refractivity contribution in [1.82, 2.24) is 14.8 Å². The first-order valence-electron chi connectivity index (χ1n) is 6.18. The second-order valence-electron chi connectivity index (χ2n) is 4.48. The second kappa shape index (κ2) is 5.37. The number of nitrogen functional groups attached to an aromatic ring is 1. The number of hydrogen-bond donors (Lipinski definition) is 2. The number of anilines is 1. The van der Waals surface area contributed by atoms with E-state index >= 15 is 0 Å². The number of nitrogens with two attached hydrogens (primary N) is 1. The highest BCUT2D eigenvalue weighted by Gasteiger charge is 2.09. The first-order valence-corrected chi connectivity index (χ1v) is 7.06. The van der Waals surface area contributed by atoms with Crippen molar-refractivity contribution in [2.24, 2.45) is 0 Å². The number of aromatic carboxylic acids is 1. The fourth-order valence-corrected chi connectivity index (χ4v) is 2.66. The summed E-state index contributed by atoms with van der Waals surface area (Å²) >= 11 is 1.51. The smallest absolute Gasteiger partial charge is 0.338 e. The van der Waals surface area contributed by atoms with Crippen LogP contribution in [0.4, 0.5) is 5.69 Å². The van der Waals surface area contributed by atoms with Crippen molar-refractivity contribution in [2.75, 3.05) is 5.73 Å². The maximum absolute atomic E-state index is 10.8. The number of carboxylic acid groups (broad SMARTS) is 1. The van der Waals surface area contributed by atoms with Crippen LogP contribution in [0.25, 0.3) is 11.3 Å². The van der Waals surface area contributed by atoms with Gasteiger partial charge in [0, 0.05) is 22.8 Å². The van der Waals surface area contributed by atoms with E-state index in [4.69, 9.17) is 10.8 Å². The van der Waals surface area contributed by atoms with E-state index in [0.29, 0.717) is 12.2 Å². The summed E-state index contributed by atoms with van der Waals surface area (Å²) in [4.78, 5) is 15.3. The van der Waals surface area contributed by atoms with Gasteiger partial charge >= 0.3 is 5.97 Å². The van der Waals surface area contributed by atoms with Crippen LogP contribution in [0.2, 0.25) is 0 Å². The minimum Gasteiger partial charge on any atom is -0.478 e. The van der Waals surface area contributed by atoms with Gasteiger partial charge in [-0.3, -0.25) is 4.68 Å². The van der Waals surface area contributed by atoms with Crippen LogP contribution in [0, 0.1) is 0 Å². The van der Waals surface area contributed by atoms with Crippen molar-refractivity contribution in [2.45, 2.75) is 6.54 Å². The summed E-state index contributed by atoms with van der Waals surface area (Å²) in [5.41, 5.74) is 8.42. The number of rotatable bonds is 4. The Bertz CT molecular complexity index is 776. The number of carbonyl (C=O) groups is 1. The molecule has 2 aromatic heterocycles. The maximum Gasteiger partial charge on any atom is 0.338 e. The van der Waals surface area contributed by atoms with Crippen molar-refractivity contribution >= 4 is 23.0 Å². The molecule has 0 bridgehead atoms. The van der Waals surface area contributed by atoms with E-state index in [-0.39, 0.29) is 5.56 Å². The molecule has 0 fully saturated rings. The lowest BCUT2D eigenvalue weighted by Gasteiger charge is -1.98. The zero-order chi connectivity index (χ0) is 14.8. The van der Waals surface area contributed by atoms with Crippen LogP contribution in [-0.2, 0) is 6.54 Å². The van der Waals surface area contributed by atoms with Crippen LogP contribution in [0.15, 0.2) is 42.0 Å². The molecule has 2 heterocycles. The van der Waals surface area contributed by atoms with Gasteiger partial charge in [0.2, 0.25) is 0 Å². The second-order valence-corrected chi connectivity index (χ2v) is 5.42. The van der Waals surface area contributed by atoms with Gasteiger partial charge in [-0.2, -0.15) is 5.10 Å². The summed E-state index contributed by atoms with van der Waals surface area (Å²) in [6, 6.07) is 7.51. The quantitative estimate of drug-likeness (QED) is 0.721. The largest absolute Gasteiger partial charge is 0.478 e. The Kier molecular flexibility index (Phi) is 3.41. The summed E-state index contributed by atoms with van der Waals surface area (Å²) in [6.07, 6.45) is 2.82. The third-order valence-electron chi connectivity index (χ3n) is 2.94. The summed E-state index contributed by atoms with van der Waals surface area (Å²) in [5, 5.41) is 15.7. The number of nitrogens with zero attached hydrogens (tertiary/aromatic N) is 3. The molecule has 1 aromatic carbocycles. The van der Waals surface area contributed by atoms with E-state index < -0.39 is 5.97 Å². The van der Waals surface area contributed by atoms with Gasteiger partial charge < -0.3 is 10.8 Å². The molecule has 106 valence electrons. The van der Waals surface area contributed by atoms with Crippen LogP contribution >= 0.6 is 11.3 Å². The highest BCUT2D eigenvalue weighted by molar-refractivity contribution is 7.09. The van der Waals surface area contributed by atoms with Crippen molar-refractivity contribution in [3.63, 3.8) is 0 Å². The molecule has 0 spiro atoms. The zero-order valence-electron chi connectivity index (χ0n) is 10.9. The summed E-state index contributed by atoms with van der Waals surface area (Å²) in [5.74, 6) is -0.983. The van der Waals surface area contributed by atoms with Crippen LogP contribution in [0.1, 0.15) is 15.4 Å². The van der Waals surface area contributed by atoms with Crippen molar-refractivity contribution in [3.05, 3.63) is 52.6 Å². The Balaban J connectivity index is 1.78. The molecule has 0 aliphatic carbocycles. The van der Waals surface area contributed by atoms with Crippen LogP contribution in [-0.4, -0.2) is 25.8 Å². The predicted molar refractivity (Wildman–Crippen MR) is 80.3 cm³/mol. The average Bonchev–Trinajstić information content (AvgIpc) is 3.10. The molecule has 0 aliphatic rings. The molecule has 0 saturated carbocycles. The molecule has 0 amide bonds. The van der Waals surface area contributed by atoms with Gasteiger partial charge in [-0.25, -0.2) is 9.78 Å². The minimum atomic E-state index is -0.983. The highest BCUT2D eigenvalue weighted by atomic mass is 32.1. The topological polar surface area (TPSA) is 94.0 Å². The third kappa shape index (κ3) is 2.92. The Morgan fingerprint density at radius 2 is 2.10 bits per heavy atom. The number of thiazole rings is 1. The number of carboxylic acids is 1. The molecule has 7 heteroatoms. The van der Waals surface area contributed by atoms with Gasteiger partial charge in [0.05, 0.1) is 24.0 Å². The molecule has 0 aliphatic heterocycles. The van der Waals surface area contributed by atoms with Gasteiger partial charge in [-0.15, -0.1) is 11.3 Å². The first-order chi connectivity index (χ1) is 10.1. The van der Waals surface area contributed by atoms with Gasteiger partial charge in [-0.05, 0) is 12.1 Å². The summed E-state index contributed by atoms with van der Waals surface area (Å²) in [6.45, 7) is 0.451. The van der Waals surface area contributed by atoms with E-state index in [1.54, 1.807) is 4.68 Å². The van der Waals surface area contributed by atoms with Gasteiger partial charge in [-0.1, -0.05) is 12.1 Å².